The van der Waals surface area contributed by atoms with Crippen molar-refractivity contribution in [2.24, 2.45) is 5.73 Å². The van der Waals surface area contributed by atoms with Crippen LogP contribution in [0.5, 0.6) is 5.75 Å². The maximum Gasteiger partial charge on any atom is 0.137 e. The largest absolute Gasteiger partial charge is 0.491 e. The Morgan fingerprint density at radius 2 is 1.85 bits per heavy atom. The van der Waals surface area contributed by atoms with Crippen LogP contribution in [0.1, 0.15) is 52.8 Å². The standard InChI is InChI=1S/C16H29N3O/c1-6-15(17)16-8-7-14(11-18-16)20-10-9-19(12(2)3)13(4)5/h7-8,11-13,15H,6,9-10,17H2,1-5H3. The number of ether oxygens (including phenoxy) is 1. The summed E-state index contributed by atoms with van der Waals surface area (Å²) in [5.74, 6) is 0.810. The van der Waals surface area contributed by atoms with Gasteiger partial charge in [0.15, 0.2) is 0 Å². The van der Waals surface area contributed by atoms with Crippen LogP contribution in [0.3, 0.4) is 0 Å². The van der Waals surface area contributed by atoms with E-state index in [1.807, 2.05) is 12.1 Å². The average molecular weight is 279 g/mol. The lowest BCUT2D eigenvalue weighted by molar-refractivity contribution is 0.142. The highest BCUT2D eigenvalue weighted by molar-refractivity contribution is 5.21. The highest BCUT2D eigenvalue weighted by Crippen LogP contribution is 2.15. The zero-order chi connectivity index (χ0) is 15.1. The smallest absolute Gasteiger partial charge is 0.137 e. The van der Waals surface area contributed by atoms with Crippen LogP contribution in [0.4, 0.5) is 0 Å². The van der Waals surface area contributed by atoms with Crippen molar-refractivity contribution >= 4 is 0 Å². The Hall–Kier alpha value is -1.13. The Morgan fingerprint density at radius 1 is 1.20 bits per heavy atom. The third kappa shape index (κ3) is 5.10. The van der Waals surface area contributed by atoms with Crippen LogP contribution in [0, 0.1) is 0 Å². The van der Waals surface area contributed by atoms with Gasteiger partial charge in [0.1, 0.15) is 12.4 Å². The molecular weight excluding hydrogens is 250 g/mol. The van der Waals surface area contributed by atoms with E-state index in [4.69, 9.17) is 10.5 Å². The molecule has 4 nitrogen and oxygen atoms in total. The second-order valence-corrected chi connectivity index (χ2v) is 5.71. The van der Waals surface area contributed by atoms with Crippen molar-refractivity contribution in [2.75, 3.05) is 13.2 Å². The first-order chi connectivity index (χ1) is 9.45. The fourth-order valence-corrected chi connectivity index (χ4v) is 2.29. The van der Waals surface area contributed by atoms with E-state index in [9.17, 15) is 0 Å². The van der Waals surface area contributed by atoms with E-state index in [1.165, 1.54) is 0 Å². The molecule has 2 N–H and O–H groups in total. The summed E-state index contributed by atoms with van der Waals surface area (Å²) in [4.78, 5) is 6.77. The molecule has 0 spiro atoms. The van der Waals surface area contributed by atoms with E-state index < -0.39 is 0 Å². The Kier molecular flexibility index (Phi) is 6.96. The quantitative estimate of drug-likeness (QED) is 0.795. The Balaban J connectivity index is 2.46. The van der Waals surface area contributed by atoms with Crippen LogP contribution >= 0.6 is 0 Å². The summed E-state index contributed by atoms with van der Waals surface area (Å²) in [5.41, 5.74) is 6.86. The van der Waals surface area contributed by atoms with Gasteiger partial charge in [0.25, 0.3) is 0 Å². The van der Waals surface area contributed by atoms with Gasteiger partial charge < -0.3 is 10.5 Å². The first kappa shape index (κ1) is 16.9. The van der Waals surface area contributed by atoms with Crippen molar-refractivity contribution in [3.63, 3.8) is 0 Å². The maximum atomic E-state index is 5.94. The molecule has 0 aliphatic heterocycles. The molecule has 1 aromatic rings. The van der Waals surface area contributed by atoms with Gasteiger partial charge in [0, 0.05) is 24.7 Å². The summed E-state index contributed by atoms with van der Waals surface area (Å²) in [6.07, 6.45) is 2.66. The minimum atomic E-state index is 0.0152. The lowest BCUT2D eigenvalue weighted by Crippen LogP contribution is -2.39. The first-order valence-corrected chi connectivity index (χ1v) is 7.55. The zero-order valence-electron chi connectivity index (χ0n) is 13.5. The molecule has 1 unspecified atom stereocenters. The van der Waals surface area contributed by atoms with Gasteiger partial charge in [-0.25, -0.2) is 0 Å². The molecule has 1 aromatic heterocycles. The van der Waals surface area contributed by atoms with Crippen molar-refractivity contribution in [3.8, 4) is 5.75 Å². The summed E-state index contributed by atoms with van der Waals surface area (Å²) < 4.78 is 5.76. The van der Waals surface area contributed by atoms with Gasteiger partial charge in [-0.05, 0) is 46.2 Å². The molecule has 0 bridgehead atoms. The van der Waals surface area contributed by atoms with Crippen LogP contribution in [-0.4, -0.2) is 35.1 Å². The topological polar surface area (TPSA) is 51.4 Å². The van der Waals surface area contributed by atoms with E-state index in [-0.39, 0.29) is 6.04 Å². The minimum Gasteiger partial charge on any atom is -0.491 e. The number of nitrogens with zero attached hydrogens (tertiary/aromatic N) is 2. The van der Waals surface area contributed by atoms with Crippen LogP contribution in [0.15, 0.2) is 18.3 Å². The maximum absolute atomic E-state index is 5.94. The number of nitrogens with two attached hydrogens (primary N) is 1. The van der Waals surface area contributed by atoms with Gasteiger partial charge in [-0.2, -0.15) is 0 Å². The molecule has 0 aliphatic carbocycles. The fourth-order valence-electron chi connectivity index (χ4n) is 2.29. The highest BCUT2D eigenvalue weighted by Gasteiger charge is 2.13. The molecule has 4 heteroatoms. The van der Waals surface area contributed by atoms with Crippen LogP contribution in [-0.2, 0) is 0 Å². The van der Waals surface area contributed by atoms with Crippen molar-refractivity contribution in [3.05, 3.63) is 24.0 Å². The first-order valence-electron chi connectivity index (χ1n) is 7.55. The molecule has 0 aliphatic rings. The normalized spacial score (nSPS) is 13.2. The van der Waals surface area contributed by atoms with Crippen molar-refractivity contribution in [1.82, 2.24) is 9.88 Å². The lowest BCUT2D eigenvalue weighted by Gasteiger charge is -2.30. The molecule has 20 heavy (non-hydrogen) atoms. The summed E-state index contributed by atoms with van der Waals surface area (Å²) in [7, 11) is 0. The number of rotatable bonds is 8. The van der Waals surface area contributed by atoms with E-state index in [1.54, 1.807) is 6.20 Å². The van der Waals surface area contributed by atoms with Crippen molar-refractivity contribution in [2.45, 2.75) is 59.2 Å². The molecule has 1 atom stereocenters. The predicted octanol–water partition coefficient (Wildman–Crippen LogP) is 2.99. The summed E-state index contributed by atoms with van der Waals surface area (Å²) in [5, 5.41) is 0. The van der Waals surface area contributed by atoms with Crippen LogP contribution in [0.25, 0.3) is 0 Å². The van der Waals surface area contributed by atoms with E-state index in [2.05, 4.69) is 44.5 Å². The fraction of sp³-hybridized carbons (Fsp3) is 0.688. The number of hydrogen-bond acceptors (Lipinski definition) is 4. The number of aromatic nitrogens is 1. The number of hydrogen-bond donors (Lipinski definition) is 1. The van der Waals surface area contributed by atoms with Crippen molar-refractivity contribution < 1.29 is 4.74 Å². The zero-order valence-corrected chi connectivity index (χ0v) is 13.5. The molecule has 0 radical (unpaired) electrons. The van der Waals surface area contributed by atoms with Gasteiger partial charge in [-0.1, -0.05) is 6.92 Å². The predicted molar refractivity (Wildman–Crippen MR) is 83.9 cm³/mol. The molecule has 0 aromatic carbocycles. The second kappa shape index (κ2) is 8.22. The number of pyridine rings is 1. The van der Waals surface area contributed by atoms with E-state index >= 15 is 0 Å². The SMILES string of the molecule is CCC(N)c1ccc(OCCN(C(C)C)C(C)C)cn1. The Bertz CT molecular complexity index is 368. The summed E-state index contributed by atoms with van der Waals surface area (Å²) in [6.45, 7) is 12.5. The highest BCUT2D eigenvalue weighted by atomic mass is 16.5. The van der Waals surface area contributed by atoms with Crippen LogP contribution < -0.4 is 10.5 Å². The van der Waals surface area contributed by atoms with E-state index in [0.29, 0.717) is 18.7 Å². The minimum absolute atomic E-state index is 0.0152. The average Bonchev–Trinajstić information content (AvgIpc) is 2.42. The second-order valence-electron chi connectivity index (χ2n) is 5.71. The molecule has 0 saturated carbocycles. The molecule has 1 heterocycles. The third-order valence-corrected chi connectivity index (χ3v) is 3.52. The van der Waals surface area contributed by atoms with Crippen molar-refractivity contribution in [1.29, 1.82) is 0 Å². The third-order valence-electron chi connectivity index (χ3n) is 3.52. The molecule has 0 saturated heterocycles. The van der Waals surface area contributed by atoms with Gasteiger partial charge >= 0.3 is 0 Å². The molecule has 114 valence electrons. The van der Waals surface area contributed by atoms with Gasteiger partial charge in [-0.3, -0.25) is 9.88 Å². The van der Waals surface area contributed by atoms with E-state index in [0.717, 1.165) is 24.4 Å². The summed E-state index contributed by atoms with van der Waals surface area (Å²) in [6, 6.07) is 4.98. The summed E-state index contributed by atoms with van der Waals surface area (Å²) >= 11 is 0. The van der Waals surface area contributed by atoms with Gasteiger partial charge in [-0.15, -0.1) is 0 Å². The Morgan fingerprint density at radius 3 is 2.30 bits per heavy atom. The molecule has 0 amide bonds. The van der Waals surface area contributed by atoms with Gasteiger partial charge in [0.2, 0.25) is 0 Å². The molecule has 0 fully saturated rings. The molecule has 1 rings (SSSR count). The monoisotopic (exact) mass is 279 g/mol. The molecular formula is C16H29N3O. The van der Waals surface area contributed by atoms with Gasteiger partial charge in [0.05, 0.1) is 11.9 Å². The van der Waals surface area contributed by atoms with Crippen LogP contribution in [0.2, 0.25) is 0 Å². The Labute approximate surface area is 123 Å². The lowest BCUT2D eigenvalue weighted by atomic mass is 10.1.